The molecule has 104 valence electrons. The summed E-state index contributed by atoms with van der Waals surface area (Å²) in [6.07, 6.45) is 0. The van der Waals surface area contributed by atoms with Gasteiger partial charge in [0.2, 0.25) is 0 Å². The molecule has 0 fully saturated rings. The first-order valence-electron chi connectivity index (χ1n) is 5.28. The van der Waals surface area contributed by atoms with E-state index in [1.807, 2.05) is 24.3 Å². The molecule has 0 N–H and O–H groups in total. The molecule has 2 aromatic carbocycles. The van der Waals surface area contributed by atoms with Crippen molar-refractivity contribution in [3.8, 4) is 11.5 Å². The van der Waals surface area contributed by atoms with E-state index in [0.29, 0.717) is 0 Å². The van der Waals surface area contributed by atoms with Crippen LogP contribution in [0.2, 0.25) is 0 Å². The van der Waals surface area contributed by atoms with E-state index in [2.05, 4.69) is 24.3 Å². The Kier molecular flexibility index (Phi) is 9.04. The van der Waals surface area contributed by atoms with E-state index in [9.17, 15) is 0 Å². The fraction of sp³-hybridized carbons (Fsp3) is 0.143. The van der Waals surface area contributed by atoms with Crippen molar-refractivity contribution in [2.75, 3.05) is 14.2 Å². The van der Waals surface area contributed by atoms with E-state index in [-0.39, 0.29) is 45.7 Å². The molecular weight excluding hydrogens is 399 g/mol. The maximum Gasteiger partial charge on any atom is -0.147 e. The SMILES string of the molecule is COc1ccc([Te]c2ccc(OC)cc2)cc1.Cl.Cl. The van der Waals surface area contributed by atoms with Gasteiger partial charge in [-0.2, -0.15) is 0 Å². The molecule has 2 rings (SSSR count). The van der Waals surface area contributed by atoms with Gasteiger partial charge in [0.1, 0.15) is 0 Å². The zero-order valence-corrected chi connectivity index (χ0v) is 14.6. The number of halogens is 2. The Morgan fingerprint density at radius 2 is 0.947 bits per heavy atom. The van der Waals surface area contributed by atoms with Crippen LogP contribution in [0.3, 0.4) is 0 Å². The quantitative estimate of drug-likeness (QED) is 0.714. The average molecular weight is 415 g/mol. The van der Waals surface area contributed by atoms with Gasteiger partial charge in [0.25, 0.3) is 0 Å². The Balaban J connectivity index is 0.00000162. The summed E-state index contributed by atoms with van der Waals surface area (Å²) < 4.78 is 13.1. The number of ether oxygens (including phenoxy) is 2. The van der Waals surface area contributed by atoms with Crippen molar-refractivity contribution in [3.63, 3.8) is 0 Å². The van der Waals surface area contributed by atoms with E-state index in [1.165, 1.54) is 7.22 Å². The van der Waals surface area contributed by atoms with Gasteiger partial charge in [-0.15, -0.1) is 24.8 Å². The van der Waals surface area contributed by atoms with Gasteiger partial charge in [0.05, 0.1) is 0 Å². The Bertz CT molecular complexity index is 426. The van der Waals surface area contributed by atoms with E-state index < -0.39 is 0 Å². The summed E-state index contributed by atoms with van der Waals surface area (Å²) in [5, 5.41) is 0. The van der Waals surface area contributed by atoms with Crippen LogP contribution in [0.15, 0.2) is 48.5 Å². The fourth-order valence-corrected chi connectivity index (χ4v) is 3.75. The molecule has 0 aliphatic carbocycles. The standard InChI is InChI=1S/C14H14O2Te.2ClH/c1-15-11-3-7-13(8-4-11)17-14-9-5-12(16-2)6-10-14;;/h3-10H,1-2H3;2*1H. The van der Waals surface area contributed by atoms with Crippen molar-refractivity contribution in [3.05, 3.63) is 48.5 Å². The van der Waals surface area contributed by atoms with Gasteiger partial charge in [-0.1, -0.05) is 0 Å². The topological polar surface area (TPSA) is 18.5 Å². The number of rotatable bonds is 4. The van der Waals surface area contributed by atoms with Crippen molar-refractivity contribution in [2.45, 2.75) is 0 Å². The van der Waals surface area contributed by atoms with Crippen LogP contribution in [0, 0.1) is 0 Å². The van der Waals surface area contributed by atoms with Crippen LogP contribution in [-0.4, -0.2) is 35.1 Å². The molecule has 0 radical (unpaired) electrons. The van der Waals surface area contributed by atoms with E-state index in [0.717, 1.165) is 11.5 Å². The number of benzene rings is 2. The van der Waals surface area contributed by atoms with Crippen LogP contribution in [0.25, 0.3) is 0 Å². The largest absolute Gasteiger partial charge is 0.147 e. The Morgan fingerprint density at radius 3 is 1.21 bits per heavy atom. The van der Waals surface area contributed by atoms with Gasteiger partial charge in [0.15, 0.2) is 0 Å². The molecule has 19 heavy (non-hydrogen) atoms. The summed E-state index contributed by atoms with van der Waals surface area (Å²) in [5.74, 6) is 1.83. The molecule has 0 bridgehead atoms. The molecule has 0 unspecified atom stereocenters. The van der Waals surface area contributed by atoms with Gasteiger partial charge in [-0.25, -0.2) is 0 Å². The van der Waals surface area contributed by atoms with E-state index >= 15 is 0 Å². The van der Waals surface area contributed by atoms with Gasteiger partial charge < -0.3 is 0 Å². The minimum Gasteiger partial charge on any atom is -0.147 e. The smallest absolute Gasteiger partial charge is 0.147 e. The predicted molar refractivity (Wildman–Crippen MR) is 85.5 cm³/mol. The first-order chi connectivity index (χ1) is 8.31. The number of hydrogen-bond acceptors (Lipinski definition) is 2. The van der Waals surface area contributed by atoms with Crippen LogP contribution in [0.4, 0.5) is 0 Å². The number of methoxy groups -OCH3 is 2. The molecule has 0 saturated carbocycles. The third-order valence-electron chi connectivity index (χ3n) is 2.35. The molecule has 0 heterocycles. The summed E-state index contributed by atoms with van der Waals surface area (Å²) in [7, 11) is 3.38. The molecule has 0 aliphatic heterocycles. The predicted octanol–water partition coefficient (Wildman–Crippen LogP) is 2.20. The third-order valence-corrected chi connectivity index (χ3v) is 5.25. The van der Waals surface area contributed by atoms with Gasteiger partial charge in [-0.3, -0.25) is 0 Å². The van der Waals surface area contributed by atoms with Gasteiger partial charge in [0, 0.05) is 0 Å². The first-order valence-corrected chi connectivity index (χ1v) is 7.61. The summed E-state index contributed by atoms with van der Waals surface area (Å²) in [6, 6.07) is 16.6. The second-order valence-electron chi connectivity index (χ2n) is 3.45. The van der Waals surface area contributed by atoms with Crippen molar-refractivity contribution in [2.24, 2.45) is 0 Å². The van der Waals surface area contributed by atoms with Crippen molar-refractivity contribution >= 4 is 53.0 Å². The Hall–Kier alpha value is -0.590. The Labute approximate surface area is 136 Å². The summed E-state index contributed by atoms with van der Waals surface area (Å²) in [4.78, 5) is 0. The van der Waals surface area contributed by atoms with Crippen LogP contribution >= 0.6 is 24.8 Å². The molecule has 0 aromatic heterocycles. The fourth-order valence-electron chi connectivity index (χ4n) is 1.42. The van der Waals surface area contributed by atoms with Crippen molar-refractivity contribution in [1.82, 2.24) is 0 Å². The number of hydrogen-bond donors (Lipinski definition) is 0. The van der Waals surface area contributed by atoms with Crippen molar-refractivity contribution < 1.29 is 9.47 Å². The molecule has 0 atom stereocenters. The van der Waals surface area contributed by atoms with Crippen LogP contribution in [-0.2, 0) is 0 Å². The summed E-state index contributed by atoms with van der Waals surface area (Å²) >= 11 is -0.308. The zero-order valence-electron chi connectivity index (χ0n) is 10.7. The van der Waals surface area contributed by atoms with Gasteiger partial charge in [-0.05, 0) is 0 Å². The molecule has 0 saturated heterocycles. The minimum atomic E-state index is -0.308. The molecule has 2 aromatic rings. The van der Waals surface area contributed by atoms with Crippen LogP contribution in [0.1, 0.15) is 0 Å². The Morgan fingerprint density at radius 1 is 0.632 bits per heavy atom. The summed E-state index contributed by atoms with van der Waals surface area (Å²) in [6.45, 7) is 0. The maximum absolute atomic E-state index is 5.15. The average Bonchev–Trinajstić information content (AvgIpc) is 2.40. The molecule has 0 spiro atoms. The molecular formula is C14H16Cl2O2Te. The second-order valence-corrected chi connectivity index (χ2v) is 6.73. The van der Waals surface area contributed by atoms with Crippen LogP contribution in [0.5, 0.6) is 11.5 Å². The summed E-state index contributed by atoms with van der Waals surface area (Å²) in [5.41, 5.74) is 0. The molecule has 2 nitrogen and oxygen atoms in total. The molecule has 0 amide bonds. The monoisotopic (exact) mass is 416 g/mol. The first kappa shape index (κ1) is 18.4. The zero-order chi connectivity index (χ0) is 12.1. The normalized spacial score (nSPS) is 8.95. The maximum atomic E-state index is 5.15. The van der Waals surface area contributed by atoms with Crippen LogP contribution < -0.4 is 16.7 Å². The molecule has 5 heteroatoms. The van der Waals surface area contributed by atoms with Gasteiger partial charge >= 0.3 is 112 Å². The van der Waals surface area contributed by atoms with Crippen molar-refractivity contribution in [1.29, 1.82) is 0 Å². The second kappa shape index (κ2) is 9.34. The minimum absolute atomic E-state index is 0. The van der Waals surface area contributed by atoms with E-state index in [1.54, 1.807) is 14.2 Å². The molecule has 0 aliphatic rings. The van der Waals surface area contributed by atoms with E-state index in [4.69, 9.17) is 9.47 Å². The third kappa shape index (κ3) is 5.50.